The summed E-state index contributed by atoms with van der Waals surface area (Å²) >= 11 is 1.62. The van der Waals surface area contributed by atoms with Gasteiger partial charge in [0.15, 0.2) is 0 Å². The molecule has 3 rings (SSSR count). The van der Waals surface area contributed by atoms with E-state index in [1.54, 1.807) is 11.8 Å². The van der Waals surface area contributed by atoms with Gasteiger partial charge in [-0.25, -0.2) is 4.79 Å². The number of likely N-dealkylation sites (tertiary alicyclic amines) is 1. The second-order valence-electron chi connectivity index (χ2n) is 6.19. The van der Waals surface area contributed by atoms with Crippen molar-refractivity contribution >= 4 is 29.4 Å². The van der Waals surface area contributed by atoms with E-state index < -0.39 is 6.03 Å². The lowest BCUT2D eigenvalue weighted by Crippen LogP contribution is -2.41. The second kappa shape index (κ2) is 8.73. The van der Waals surface area contributed by atoms with Crippen LogP contribution in [0.1, 0.15) is 6.42 Å². The highest BCUT2D eigenvalue weighted by Gasteiger charge is 2.24. The van der Waals surface area contributed by atoms with Crippen molar-refractivity contribution in [1.82, 2.24) is 10.2 Å². The number of anilines is 1. The molecule has 1 atom stereocenters. The normalized spacial score (nSPS) is 17.0. The largest absolute Gasteiger partial charge is 0.352 e. The summed E-state index contributed by atoms with van der Waals surface area (Å²) in [4.78, 5) is 27.5. The predicted octanol–water partition coefficient (Wildman–Crippen LogP) is 2.52. The maximum atomic E-state index is 12.4. The third kappa shape index (κ3) is 5.24. The fourth-order valence-corrected chi connectivity index (χ4v) is 3.89. The smallest absolute Gasteiger partial charge is 0.312 e. The van der Waals surface area contributed by atoms with Crippen molar-refractivity contribution in [3.8, 4) is 0 Å². The lowest BCUT2D eigenvalue weighted by molar-refractivity contribution is -0.117. The van der Waals surface area contributed by atoms with Crippen molar-refractivity contribution in [2.75, 3.05) is 25.0 Å². The zero-order valence-electron chi connectivity index (χ0n) is 14.4. The molecule has 136 valence electrons. The Kier molecular flexibility index (Phi) is 6.14. The second-order valence-corrected chi connectivity index (χ2v) is 7.30. The quantitative estimate of drug-likeness (QED) is 0.729. The van der Waals surface area contributed by atoms with Crippen LogP contribution in [0.2, 0.25) is 0 Å². The van der Waals surface area contributed by atoms with Crippen molar-refractivity contribution in [2.24, 2.45) is 5.73 Å². The van der Waals surface area contributed by atoms with Crippen LogP contribution in [-0.2, 0) is 4.79 Å². The van der Waals surface area contributed by atoms with E-state index in [-0.39, 0.29) is 11.9 Å². The Morgan fingerprint density at radius 3 is 2.62 bits per heavy atom. The Morgan fingerprint density at radius 2 is 1.85 bits per heavy atom. The fraction of sp³-hybridized carbons (Fsp3) is 0.263. The number of carbonyl (C=O) groups excluding carboxylic acids is 2. The molecule has 4 N–H and O–H groups in total. The molecule has 26 heavy (non-hydrogen) atoms. The highest BCUT2D eigenvalue weighted by atomic mass is 32.2. The number of nitrogens with two attached hydrogens (primary N) is 1. The van der Waals surface area contributed by atoms with Gasteiger partial charge in [-0.2, -0.15) is 0 Å². The first kappa shape index (κ1) is 18.3. The topological polar surface area (TPSA) is 87.5 Å². The Morgan fingerprint density at radius 1 is 1.12 bits per heavy atom. The van der Waals surface area contributed by atoms with Crippen LogP contribution in [0.3, 0.4) is 0 Å². The van der Waals surface area contributed by atoms with Gasteiger partial charge in [-0.15, -0.1) is 0 Å². The van der Waals surface area contributed by atoms with Crippen molar-refractivity contribution < 1.29 is 9.59 Å². The number of nitrogens with zero attached hydrogens (tertiary/aromatic N) is 1. The molecular weight excluding hydrogens is 348 g/mol. The van der Waals surface area contributed by atoms with Gasteiger partial charge in [0.2, 0.25) is 5.91 Å². The number of para-hydroxylation sites is 1. The minimum absolute atomic E-state index is 0.0150. The van der Waals surface area contributed by atoms with Crippen molar-refractivity contribution in [3.05, 3.63) is 54.6 Å². The molecule has 0 saturated carbocycles. The van der Waals surface area contributed by atoms with Gasteiger partial charge in [-0.1, -0.05) is 42.1 Å². The third-order valence-corrected chi connectivity index (χ3v) is 5.20. The molecule has 1 heterocycles. The van der Waals surface area contributed by atoms with Gasteiger partial charge >= 0.3 is 6.03 Å². The van der Waals surface area contributed by atoms with E-state index in [2.05, 4.69) is 10.6 Å². The summed E-state index contributed by atoms with van der Waals surface area (Å²) < 4.78 is 0. The number of hydrogen-bond acceptors (Lipinski definition) is 4. The Bertz CT molecular complexity index is 769. The highest BCUT2D eigenvalue weighted by Crippen LogP contribution is 2.33. The average Bonchev–Trinajstić information content (AvgIpc) is 3.03. The van der Waals surface area contributed by atoms with Gasteiger partial charge in [-0.05, 0) is 30.7 Å². The number of primary amides is 1. The van der Waals surface area contributed by atoms with Gasteiger partial charge < -0.3 is 16.4 Å². The molecule has 7 heteroatoms. The minimum Gasteiger partial charge on any atom is -0.352 e. The van der Waals surface area contributed by atoms with Crippen molar-refractivity contribution in [2.45, 2.75) is 22.3 Å². The number of carbonyl (C=O) groups is 2. The molecule has 1 aliphatic rings. The molecular formula is C19H22N4O2S. The molecule has 0 aromatic heterocycles. The lowest BCUT2D eigenvalue weighted by Gasteiger charge is -2.17. The van der Waals surface area contributed by atoms with Crippen molar-refractivity contribution in [3.63, 3.8) is 0 Å². The van der Waals surface area contributed by atoms with Crippen molar-refractivity contribution in [1.29, 1.82) is 0 Å². The predicted molar refractivity (Wildman–Crippen MR) is 103 cm³/mol. The maximum Gasteiger partial charge on any atom is 0.312 e. The summed E-state index contributed by atoms with van der Waals surface area (Å²) in [6, 6.07) is 17.3. The minimum atomic E-state index is -0.520. The Balaban J connectivity index is 1.57. The van der Waals surface area contributed by atoms with Gasteiger partial charge in [0, 0.05) is 28.9 Å². The van der Waals surface area contributed by atoms with Gasteiger partial charge in [0.25, 0.3) is 0 Å². The summed E-state index contributed by atoms with van der Waals surface area (Å²) in [5, 5.41) is 5.69. The van der Waals surface area contributed by atoms with Crippen LogP contribution < -0.4 is 16.4 Å². The van der Waals surface area contributed by atoms with Gasteiger partial charge in [0.05, 0.1) is 12.2 Å². The van der Waals surface area contributed by atoms with Crippen LogP contribution in [0, 0.1) is 0 Å². The number of rotatable bonds is 6. The van der Waals surface area contributed by atoms with E-state index in [9.17, 15) is 9.59 Å². The molecule has 0 aliphatic carbocycles. The number of amides is 3. The zero-order valence-corrected chi connectivity index (χ0v) is 15.2. The van der Waals surface area contributed by atoms with Gasteiger partial charge in [0.1, 0.15) is 0 Å². The van der Waals surface area contributed by atoms with E-state index in [0.29, 0.717) is 13.1 Å². The third-order valence-electron chi connectivity index (χ3n) is 4.12. The lowest BCUT2D eigenvalue weighted by atomic mass is 10.3. The van der Waals surface area contributed by atoms with E-state index in [4.69, 9.17) is 5.73 Å². The first-order valence-corrected chi connectivity index (χ1v) is 9.32. The zero-order chi connectivity index (χ0) is 18.4. The number of urea groups is 1. The van der Waals surface area contributed by atoms with E-state index in [0.717, 1.165) is 28.4 Å². The molecule has 0 spiro atoms. The molecule has 1 fully saturated rings. The summed E-state index contributed by atoms with van der Waals surface area (Å²) in [7, 11) is 0. The van der Waals surface area contributed by atoms with Crippen LogP contribution in [-0.4, -0.2) is 42.5 Å². The van der Waals surface area contributed by atoms with E-state index in [1.165, 1.54) is 0 Å². The molecule has 0 radical (unpaired) electrons. The molecule has 1 unspecified atom stereocenters. The average molecular weight is 370 g/mol. The number of hydrogen-bond donors (Lipinski definition) is 3. The molecule has 1 saturated heterocycles. The van der Waals surface area contributed by atoms with E-state index >= 15 is 0 Å². The molecule has 1 aliphatic heterocycles. The molecule has 3 amide bonds. The molecule has 6 nitrogen and oxygen atoms in total. The standard InChI is InChI=1S/C19H22N4O2S/c20-19(25)21-14-10-11-23(12-14)13-18(24)22-16-8-4-5-9-17(16)26-15-6-2-1-3-7-15/h1-9,14H,10-13H2,(H,22,24)(H3,20,21,25). The highest BCUT2D eigenvalue weighted by molar-refractivity contribution is 7.99. The first-order chi connectivity index (χ1) is 12.6. The molecule has 2 aromatic rings. The first-order valence-electron chi connectivity index (χ1n) is 8.50. The van der Waals surface area contributed by atoms with Gasteiger partial charge in [-0.3, -0.25) is 9.69 Å². The van der Waals surface area contributed by atoms with E-state index in [1.807, 2.05) is 59.5 Å². The summed E-state index contributed by atoms with van der Waals surface area (Å²) in [6.07, 6.45) is 0.802. The molecule has 0 bridgehead atoms. The fourth-order valence-electron chi connectivity index (χ4n) is 2.96. The number of benzene rings is 2. The monoisotopic (exact) mass is 370 g/mol. The summed E-state index contributed by atoms with van der Waals surface area (Å²) in [6.45, 7) is 1.69. The van der Waals surface area contributed by atoms with Crippen LogP contribution in [0.15, 0.2) is 64.4 Å². The SMILES string of the molecule is NC(=O)NC1CCN(CC(=O)Nc2ccccc2Sc2ccccc2)C1. The summed E-state index contributed by atoms with van der Waals surface area (Å²) in [5.74, 6) is -0.0640. The number of nitrogens with one attached hydrogen (secondary N) is 2. The maximum absolute atomic E-state index is 12.4. The molecule has 2 aromatic carbocycles. The summed E-state index contributed by atoms with van der Waals surface area (Å²) in [5.41, 5.74) is 5.95. The van der Waals surface area contributed by atoms with Crippen LogP contribution in [0.5, 0.6) is 0 Å². The van der Waals surface area contributed by atoms with Crippen LogP contribution >= 0.6 is 11.8 Å². The van der Waals surface area contributed by atoms with Crippen LogP contribution in [0.4, 0.5) is 10.5 Å². The Labute approximate surface area is 157 Å². The van der Waals surface area contributed by atoms with Crippen LogP contribution in [0.25, 0.3) is 0 Å². The Hall–Kier alpha value is -2.51.